The molecule has 0 saturated carbocycles. The van der Waals surface area contributed by atoms with Crippen molar-refractivity contribution in [3.63, 3.8) is 0 Å². The average Bonchev–Trinajstić information content (AvgIpc) is 2.25. The number of alkyl halides is 1. The van der Waals surface area contributed by atoms with Crippen LogP contribution in [0.5, 0.6) is 11.5 Å². The third-order valence-corrected chi connectivity index (χ3v) is 2.35. The second kappa shape index (κ2) is 6.71. The van der Waals surface area contributed by atoms with E-state index < -0.39 is 0 Å². The van der Waals surface area contributed by atoms with E-state index >= 15 is 0 Å². The van der Waals surface area contributed by atoms with Gasteiger partial charge in [-0.15, -0.1) is 0 Å². The van der Waals surface area contributed by atoms with Crippen molar-refractivity contribution in [3.05, 3.63) is 24.3 Å². The van der Waals surface area contributed by atoms with Gasteiger partial charge in [0.1, 0.15) is 0 Å². The summed E-state index contributed by atoms with van der Waals surface area (Å²) >= 11 is 3.38. The number of hydrogen-bond donors (Lipinski definition) is 0. The summed E-state index contributed by atoms with van der Waals surface area (Å²) in [4.78, 5) is 0. The highest BCUT2D eigenvalue weighted by molar-refractivity contribution is 9.09. The molecule has 0 atom stereocenters. The molecule has 1 aromatic carbocycles. The molecular weight excluding hydrogens is 244 g/mol. The van der Waals surface area contributed by atoms with Gasteiger partial charge >= 0.3 is 0 Å². The summed E-state index contributed by atoms with van der Waals surface area (Å²) in [6.45, 7) is 0.728. The number of ether oxygens (including phenoxy) is 2. The summed E-state index contributed by atoms with van der Waals surface area (Å²) in [5, 5.41) is 1.02. The zero-order valence-electron chi connectivity index (χ0n) is 8.25. The normalized spacial score (nSPS) is 9.86. The van der Waals surface area contributed by atoms with Crippen LogP contribution in [0.4, 0.5) is 0 Å². The van der Waals surface area contributed by atoms with E-state index in [1.165, 1.54) is 0 Å². The lowest BCUT2D eigenvalue weighted by atomic mass is 10.3. The van der Waals surface area contributed by atoms with Gasteiger partial charge in [-0.05, 0) is 31.0 Å². The van der Waals surface area contributed by atoms with Crippen LogP contribution in [0.1, 0.15) is 12.8 Å². The summed E-state index contributed by atoms with van der Waals surface area (Å²) in [6, 6.07) is 8.41. The molecule has 0 aliphatic rings. The molecule has 0 aliphatic carbocycles. The smallest absolute Gasteiger partial charge is 0.161 e. The van der Waals surface area contributed by atoms with Gasteiger partial charge in [-0.3, -0.25) is 0 Å². The first-order valence-corrected chi connectivity index (χ1v) is 5.73. The number of methoxy groups -OCH3 is 1. The van der Waals surface area contributed by atoms with E-state index in [-0.39, 0.29) is 0 Å². The maximum atomic E-state index is 5.56. The number of halogens is 1. The fourth-order valence-electron chi connectivity index (χ4n) is 1.06. The zero-order chi connectivity index (χ0) is 10.2. The molecular formula is C11H14BrO2. The van der Waals surface area contributed by atoms with Crippen molar-refractivity contribution in [2.45, 2.75) is 12.8 Å². The molecule has 0 amide bonds. The highest BCUT2D eigenvalue weighted by atomic mass is 79.9. The number of unbranched alkanes of at least 4 members (excludes halogenated alkanes) is 1. The van der Waals surface area contributed by atoms with Crippen LogP contribution in [-0.2, 0) is 0 Å². The van der Waals surface area contributed by atoms with Crippen molar-refractivity contribution in [2.75, 3.05) is 19.0 Å². The molecule has 77 valence electrons. The molecule has 0 saturated heterocycles. The second-order valence-corrected chi connectivity index (χ2v) is 3.61. The highest BCUT2D eigenvalue weighted by Crippen LogP contribution is 2.25. The fraction of sp³-hybridized carbons (Fsp3) is 0.455. The van der Waals surface area contributed by atoms with Crippen molar-refractivity contribution in [1.82, 2.24) is 0 Å². The number of benzene rings is 1. The predicted octanol–water partition coefficient (Wildman–Crippen LogP) is 3.05. The van der Waals surface area contributed by atoms with Gasteiger partial charge in [0.05, 0.1) is 13.7 Å². The third-order valence-electron chi connectivity index (χ3n) is 1.79. The van der Waals surface area contributed by atoms with E-state index in [0.717, 1.165) is 36.3 Å². The molecule has 1 rings (SSSR count). The Bertz CT molecular complexity index is 263. The van der Waals surface area contributed by atoms with Crippen molar-refractivity contribution in [2.24, 2.45) is 0 Å². The van der Waals surface area contributed by atoms with Gasteiger partial charge in [0.15, 0.2) is 11.5 Å². The van der Waals surface area contributed by atoms with Gasteiger partial charge in [0.25, 0.3) is 0 Å². The van der Waals surface area contributed by atoms with Crippen LogP contribution >= 0.6 is 15.9 Å². The molecule has 0 aromatic heterocycles. The lowest BCUT2D eigenvalue weighted by Gasteiger charge is -2.09. The molecule has 0 aliphatic heterocycles. The molecule has 0 bridgehead atoms. The van der Waals surface area contributed by atoms with Crippen LogP contribution in [-0.4, -0.2) is 19.0 Å². The Morgan fingerprint density at radius 3 is 2.93 bits per heavy atom. The van der Waals surface area contributed by atoms with Gasteiger partial charge in [-0.25, -0.2) is 0 Å². The standard InChI is InChI=1S/C11H14BrO2/c1-13-10-6-2-3-7-11(10)14-9-5-4-8-12/h3,6-7H,4-5,8-9H2,1H3. The largest absolute Gasteiger partial charge is 0.493 e. The van der Waals surface area contributed by atoms with Crippen LogP contribution in [0.15, 0.2) is 18.2 Å². The van der Waals surface area contributed by atoms with Gasteiger partial charge < -0.3 is 9.47 Å². The molecule has 1 radical (unpaired) electrons. The monoisotopic (exact) mass is 257 g/mol. The van der Waals surface area contributed by atoms with E-state index in [9.17, 15) is 0 Å². The lowest BCUT2D eigenvalue weighted by molar-refractivity contribution is 0.288. The molecule has 1 aromatic rings. The van der Waals surface area contributed by atoms with E-state index in [1.807, 2.05) is 12.1 Å². The first kappa shape index (κ1) is 11.4. The maximum Gasteiger partial charge on any atom is 0.161 e. The minimum Gasteiger partial charge on any atom is -0.493 e. The average molecular weight is 258 g/mol. The molecule has 0 spiro atoms. The third kappa shape index (κ3) is 3.58. The minimum absolute atomic E-state index is 0.728. The van der Waals surface area contributed by atoms with Crippen molar-refractivity contribution in [1.29, 1.82) is 0 Å². The van der Waals surface area contributed by atoms with E-state index in [0.29, 0.717) is 0 Å². The predicted molar refractivity (Wildman–Crippen MR) is 60.4 cm³/mol. The Morgan fingerprint density at radius 2 is 2.21 bits per heavy atom. The quantitative estimate of drug-likeness (QED) is 0.576. The Kier molecular flexibility index (Phi) is 5.45. The van der Waals surface area contributed by atoms with Crippen LogP contribution in [0, 0.1) is 6.07 Å². The maximum absolute atomic E-state index is 5.56. The first-order chi connectivity index (χ1) is 6.88. The Labute approximate surface area is 93.4 Å². The summed E-state index contributed by atoms with van der Waals surface area (Å²) in [6.07, 6.45) is 2.17. The topological polar surface area (TPSA) is 18.5 Å². The fourth-order valence-corrected chi connectivity index (χ4v) is 1.45. The summed E-state index contributed by atoms with van der Waals surface area (Å²) in [5.74, 6) is 1.53. The molecule has 0 fully saturated rings. The summed E-state index contributed by atoms with van der Waals surface area (Å²) in [5.41, 5.74) is 0. The van der Waals surface area contributed by atoms with E-state index in [4.69, 9.17) is 9.47 Å². The molecule has 2 nitrogen and oxygen atoms in total. The van der Waals surface area contributed by atoms with E-state index in [2.05, 4.69) is 22.0 Å². The second-order valence-electron chi connectivity index (χ2n) is 2.82. The number of hydrogen-bond acceptors (Lipinski definition) is 2. The van der Waals surface area contributed by atoms with Gasteiger partial charge in [0, 0.05) is 5.33 Å². The van der Waals surface area contributed by atoms with Crippen LogP contribution in [0.2, 0.25) is 0 Å². The van der Waals surface area contributed by atoms with Gasteiger partial charge in [-0.1, -0.05) is 22.0 Å². The molecule has 0 unspecified atom stereocenters. The lowest BCUT2D eigenvalue weighted by Crippen LogP contribution is -1.99. The minimum atomic E-state index is 0.728. The van der Waals surface area contributed by atoms with Gasteiger partial charge in [-0.2, -0.15) is 0 Å². The van der Waals surface area contributed by atoms with E-state index in [1.54, 1.807) is 13.2 Å². The Balaban J connectivity index is 2.41. The summed E-state index contributed by atoms with van der Waals surface area (Å²) in [7, 11) is 1.63. The van der Waals surface area contributed by atoms with Crippen molar-refractivity contribution < 1.29 is 9.47 Å². The van der Waals surface area contributed by atoms with Gasteiger partial charge in [0.2, 0.25) is 0 Å². The zero-order valence-corrected chi connectivity index (χ0v) is 9.84. The molecule has 14 heavy (non-hydrogen) atoms. The molecule has 0 N–H and O–H groups in total. The SMILES string of the molecule is COc1c[c]ccc1OCCCCBr. The van der Waals surface area contributed by atoms with Crippen molar-refractivity contribution in [3.8, 4) is 11.5 Å². The first-order valence-electron chi connectivity index (χ1n) is 4.61. The Morgan fingerprint density at radius 1 is 1.36 bits per heavy atom. The van der Waals surface area contributed by atoms with Crippen LogP contribution < -0.4 is 9.47 Å². The van der Waals surface area contributed by atoms with Crippen LogP contribution in [0.3, 0.4) is 0 Å². The molecule has 3 heteroatoms. The number of rotatable bonds is 6. The molecule has 0 heterocycles. The summed E-state index contributed by atoms with van der Waals surface area (Å²) < 4.78 is 10.7. The highest BCUT2D eigenvalue weighted by Gasteiger charge is 2.01. The van der Waals surface area contributed by atoms with Crippen LogP contribution in [0.25, 0.3) is 0 Å². The van der Waals surface area contributed by atoms with Crippen molar-refractivity contribution >= 4 is 15.9 Å². The Hall–Kier alpha value is -0.700.